The van der Waals surface area contributed by atoms with Gasteiger partial charge in [0, 0.05) is 11.5 Å². The maximum absolute atomic E-state index is 13.5. The summed E-state index contributed by atoms with van der Waals surface area (Å²) in [5.74, 6) is -2.86. The molecule has 5 nitrogen and oxygen atoms in total. The Balaban J connectivity index is 1.68. The molecule has 0 N–H and O–H groups in total. The molecule has 2 aliphatic heterocycles. The van der Waals surface area contributed by atoms with Crippen LogP contribution in [0.5, 0.6) is 0 Å². The van der Waals surface area contributed by atoms with Crippen molar-refractivity contribution in [3.8, 4) is 0 Å². The van der Waals surface area contributed by atoms with Crippen molar-refractivity contribution in [3.63, 3.8) is 0 Å². The van der Waals surface area contributed by atoms with Crippen LogP contribution >= 0.6 is 0 Å². The summed E-state index contributed by atoms with van der Waals surface area (Å²) in [4.78, 5) is 25.0. The monoisotopic (exact) mass is 504 g/mol. The summed E-state index contributed by atoms with van der Waals surface area (Å²) in [5, 5.41) is 0. The standard InChI is InChI=1S/C24H22F6O5/c1-11-5-4-8-22(3)19(35-22)18-14(12(2)20(31)34-18)10-17(11)33-21(32)15-9-13(23(25,26)27)6-7-16(15)24(28,29)30/h5-7,9,14,17-19H,2,4,8,10H2,1,3H3/t14-,17?,18-,19+,22+/m0/s1. The fourth-order valence-corrected chi connectivity index (χ4v) is 4.66. The number of carbonyl (C=O) groups excluding carboxylic acids is 2. The Morgan fingerprint density at radius 1 is 1.17 bits per heavy atom. The quantitative estimate of drug-likeness (QED) is 0.172. The number of fused-ring (bicyclic) bond motifs is 3. The second-order valence-corrected chi connectivity index (χ2v) is 9.23. The maximum atomic E-state index is 13.5. The van der Waals surface area contributed by atoms with Crippen LogP contribution in [0.25, 0.3) is 0 Å². The number of benzene rings is 1. The van der Waals surface area contributed by atoms with Crippen molar-refractivity contribution in [1.29, 1.82) is 0 Å². The molecule has 0 saturated carbocycles. The van der Waals surface area contributed by atoms with E-state index < -0.39 is 70.8 Å². The van der Waals surface area contributed by atoms with Crippen LogP contribution in [-0.4, -0.2) is 35.9 Å². The van der Waals surface area contributed by atoms with Gasteiger partial charge in [-0.1, -0.05) is 12.7 Å². The van der Waals surface area contributed by atoms with Crippen LogP contribution in [0.1, 0.15) is 54.6 Å². The predicted octanol–water partition coefficient (Wildman–Crippen LogP) is 5.64. The fourth-order valence-electron chi connectivity index (χ4n) is 4.66. The first-order valence-electron chi connectivity index (χ1n) is 10.9. The third-order valence-electron chi connectivity index (χ3n) is 6.79. The minimum Gasteiger partial charge on any atom is -0.455 e. The molecule has 1 aromatic rings. The molecule has 2 saturated heterocycles. The van der Waals surface area contributed by atoms with Gasteiger partial charge >= 0.3 is 24.3 Å². The molecule has 1 aliphatic carbocycles. The molecule has 2 heterocycles. The van der Waals surface area contributed by atoms with Crippen molar-refractivity contribution >= 4 is 11.9 Å². The Kier molecular flexibility index (Phi) is 6.06. The van der Waals surface area contributed by atoms with E-state index in [4.69, 9.17) is 14.2 Å². The number of esters is 2. The number of ether oxygens (including phenoxy) is 3. The Bertz CT molecular complexity index is 1100. The molecule has 0 bridgehead atoms. The van der Waals surface area contributed by atoms with Gasteiger partial charge in [0.15, 0.2) is 0 Å². The molecule has 11 heteroatoms. The van der Waals surface area contributed by atoms with Gasteiger partial charge < -0.3 is 14.2 Å². The van der Waals surface area contributed by atoms with Crippen molar-refractivity contribution in [2.24, 2.45) is 5.92 Å². The zero-order chi connectivity index (χ0) is 25.9. The van der Waals surface area contributed by atoms with Crippen molar-refractivity contribution < 1.29 is 50.1 Å². The molecule has 3 aliphatic rings. The lowest BCUT2D eigenvalue weighted by Gasteiger charge is -2.26. The molecule has 1 aromatic carbocycles. The number of epoxide rings is 1. The van der Waals surface area contributed by atoms with E-state index >= 15 is 0 Å². The number of allylic oxidation sites excluding steroid dienone is 1. The number of hydrogen-bond acceptors (Lipinski definition) is 5. The van der Waals surface area contributed by atoms with Gasteiger partial charge in [-0.15, -0.1) is 0 Å². The predicted molar refractivity (Wildman–Crippen MR) is 109 cm³/mol. The number of hydrogen-bond donors (Lipinski definition) is 0. The van der Waals surface area contributed by atoms with Crippen LogP contribution in [0.15, 0.2) is 42.0 Å². The first-order valence-corrected chi connectivity index (χ1v) is 10.9. The molecular weight excluding hydrogens is 482 g/mol. The van der Waals surface area contributed by atoms with Crippen molar-refractivity contribution in [1.82, 2.24) is 0 Å². The first kappa shape index (κ1) is 25.3. The van der Waals surface area contributed by atoms with Gasteiger partial charge in [0.1, 0.15) is 18.3 Å². The Morgan fingerprint density at radius 3 is 2.49 bits per heavy atom. The van der Waals surface area contributed by atoms with Crippen molar-refractivity contribution in [2.45, 2.75) is 69.4 Å². The largest absolute Gasteiger partial charge is 0.455 e. The number of alkyl halides is 6. The van der Waals surface area contributed by atoms with Gasteiger partial charge in [-0.05, 0) is 56.9 Å². The van der Waals surface area contributed by atoms with E-state index in [0.29, 0.717) is 18.4 Å². The molecule has 0 spiro atoms. The zero-order valence-corrected chi connectivity index (χ0v) is 18.8. The average molecular weight is 504 g/mol. The van der Waals surface area contributed by atoms with E-state index in [0.717, 1.165) is 0 Å². The molecule has 5 atom stereocenters. The highest BCUT2D eigenvalue weighted by Gasteiger charge is 2.62. The highest BCUT2D eigenvalue weighted by Crippen LogP contribution is 2.50. The normalized spacial score (nSPS) is 31.1. The van der Waals surface area contributed by atoms with Crippen molar-refractivity contribution in [2.75, 3.05) is 0 Å². The number of carbonyl (C=O) groups is 2. The number of rotatable bonds is 2. The highest BCUT2D eigenvalue weighted by atomic mass is 19.4. The minimum atomic E-state index is -5.08. The molecule has 35 heavy (non-hydrogen) atoms. The fraction of sp³-hybridized carbons (Fsp3) is 0.500. The summed E-state index contributed by atoms with van der Waals surface area (Å²) in [6.45, 7) is 7.21. The lowest BCUT2D eigenvalue weighted by atomic mass is 9.83. The molecular formula is C24H22F6O5. The van der Waals surface area contributed by atoms with Crippen LogP contribution in [0.2, 0.25) is 0 Å². The minimum absolute atomic E-state index is 0.0560. The zero-order valence-electron chi connectivity index (χ0n) is 18.8. The molecule has 1 unspecified atom stereocenters. The van der Waals surface area contributed by atoms with Crippen LogP contribution in [-0.2, 0) is 31.4 Å². The molecule has 0 radical (unpaired) electrons. The van der Waals surface area contributed by atoms with Gasteiger partial charge in [-0.3, -0.25) is 0 Å². The molecule has 0 aromatic heterocycles. The van der Waals surface area contributed by atoms with Gasteiger partial charge in [0.05, 0.1) is 22.3 Å². The first-order chi connectivity index (χ1) is 16.1. The Morgan fingerprint density at radius 2 is 1.86 bits per heavy atom. The van der Waals surface area contributed by atoms with Crippen LogP contribution in [0.4, 0.5) is 26.3 Å². The summed E-state index contributed by atoms with van der Waals surface area (Å²) >= 11 is 0. The van der Waals surface area contributed by atoms with E-state index in [-0.39, 0.29) is 30.2 Å². The second kappa shape index (κ2) is 8.39. The highest BCUT2D eigenvalue weighted by molar-refractivity contribution is 5.92. The lowest BCUT2D eigenvalue weighted by molar-refractivity contribution is -0.141. The Labute approximate surface area is 196 Å². The summed E-state index contributed by atoms with van der Waals surface area (Å²) in [6, 6.07) is 0.608. The van der Waals surface area contributed by atoms with Crippen LogP contribution < -0.4 is 0 Å². The molecule has 0 amide bonds. The Hall–Kier alpha value is -2.82. The molecule has 2 fully saturated rings. The summed E-state index contributed by atoms with van der Waals surface area (Å²) < 4.78 is 96.5. The van der Waals surface area contributed by atoms with E-state index in [1.54, 1.807) is 13.0 Å². The lowest BCUT2D eigenvalue weighted by Crippen LogP contribution is -2.33. The summed E-state index contributed by atoms with van der Waals surface area (Å²) in [6.07, 6.45) is -9.59. The van der Waals surface area contributed by atoms with E-state index in [9.17, 15) is 35.9 Å². The second-order valence-electron chi connectivity index (χ2n) is 9.23. The van der Waals surface area contributed by atoms with Crippen molar-refractivity contribution in [3.05, 3.63) is 58.7 Å². The van der Waals surface area contributed by atoms with E-state index in [1.165, 1.54) is 0 Å². The van der Waals surface area contributed by atoms with E-state index in [1.807, 2.05) is 6.92 Å². The van der Waals surface area contributed by atoms with Gasteiger partial charge in [0.25, 0.3) is 0 Å². The third kappa shape index (κ3) is 4.82. The van der Waals surface area contributed by atoms with Gasteiger partial charge in [-0.2, -0.15) is 26.3 Å². The van der Waals surface area contributed by atoms with Gasteiger partial charge in [-0.25, -0.2) is 9.59 Å². The summed E-state index contributed by atoms with van der Waals surface area (Å²) in [7, 11) is 0. The third-order valence-corrected chi connectivity index (χ3v) is 6.79. The average Bonchev–Trinajstić information content (AvgIpc) is 3.34. The summed E-state index contributed by atoms with van der Waals surface area (Å²) in [5.41, 5.74) is -4.13. The molecule has 4 rings (SSSR count). The maximum Gasteiger partial charge on any atom is 0.417 e. The molecule has 190 valence electrons. The van der Waals surface area contributed by atoms with Crippen LogP contribution in [0, 0.1) is 5.92 Å². The van der Waals surface area contributed by atoms with Gasteiger partial charge in [0.2, 0.25) is 0 Å². The number of halogens is 6. The smallest absolute Gasteiger partial charge is 0.417 e. The van der Waals surface area contributed by atoms with Crippen LogP contribution in [0.3, 0.4) is 0 Å². The van der Waals surface area contributed by atoms with E-state index in [2.05, 4.69) is 6.58 Å². The topological polar surface area (TPSA) is 65.1 Å². The SMILES string of the molecule is C=C1C(=O)O[C@@H]2[C@H]3O[C@]3(C)CCC=C(C)C(OC(=O)c3cc(C(F)(F)F)ccc3C(F)(F)F)C[C@@H]12.